The van der Waals surface area contributed by atoms with E-state index in [-0.39, 0.29) is 11.9 Å². The van der Waals surface area contributed by atoms with Crippen LogP contribution in [0.2, 0.25) is 0 Å². The second kappa shape index (κ2) is 7.63. The summed E-state index contributed by atoms with van der Waals surface area (Å²) in [5.74, 6) is -0.0164. The van der Waals surface area contributed by atoms with Gasteiger partial charge in [-0.25, -0.2) is 0 Å². The van der Waals surface area contributed by atoms with Crippen LogP contribution >= 0.6 is 0 Å². The highest BCUT2D eigenvalue weighted by Crippen LogP contribution is 2.08. The Kier molecular flexibility index (Phi) is 6.42. The highest BCUT2D eigenvalue weighted by molar-refractivity contribution is 5.81. The van der Waals surface area contributed by atoms with Crippen molar-refractivity contribution >= 4 is 5.91 Å². The molecule has 1 aliphatic rings. The van der Waals surface area contributed by atoms with Gasteiger partial charge in [-0.3, -0.25) is 4.79 Å². The van der Waals surface area contributed by atoms with Crippen molar-refractivity contribution in [3.8, 4) is 0 Å². The van der Waals surface area contributed by atoms with Gasteiger partial charge in [0.15, 0.2) is 0 Å². The number of amides is 1. The Bertz CT molecular complexity index is 200. The summed E-state index contributed by atoms with van der Waals surface area (Å²) in [6.07, 6.45) is 5.99. The Morgan fingerprint density at radius 2 is 1.94 bits per heavy atom. The summed E-state index contributed by atoms with van der Waals surface area (Å²) in [4.78, 5) is 13.9. The summed E-state index contributed by atoms with van der Waals surface area (Å²) in [6, 6.07) is -0.343. The smallest absolute Gasteiger partial charge is 0.236 e. The van der Waals surface area contributed by atoms with E-state index in [4.69, 9.17) is 5.73 Å². The van der Waals surface area contributed by atoms with Crippen LogP contribution in [-0.4, -0.2) is 43.0 Å². The Morgan fingerprint density at radius 3 is 2.50 bits per heavy atom. The Labute approximate surface area is 98.6 Å². The summed E-state index contributed by atoms with van der Waals surface area (Å²) in [7, 11) is 0. The third-order valence-electron chi connectivity index (χ3n) is 3.20. The van der Waals surface area contributed by atoms with E-state index in [0.717, 1.165) is 13.1 Å². The number of hydrogen-bond acceptors (Lipinski definition) is 3. The average Bonchev–Trinajstić information content (AvgIpc) is 2.56. The number of rotatable bonds is 5. The SMILES string of the molecule is CC[C@@H](N)C(=O)NCCN1CCCCCC1. The minimum absolute atomic E-state index is 0.0164. The van der Waals surface area contributed by atoms with E-state index >= 15 is 0 Å². The zero-order chi connectivity index (χ0) is 11.8. The van der Waals surface area contributed by atoms with Gasteiger partial charge in [0.25, 0.3) is 0 Å². The van der Waals surface area contributed by atoms with E-state index in [2.05, 4.69) is 10.2 Å². The van der Waals surface area contributed by atoms with E-state index in [1.807, 2.05) is 6.92 Å². The lowest BCUT2D eigenvalue weighted by molar-refractivity contribution is -0.122. The van der Waals surface area contributed by atoms with Crippen molar-refractivity contribution < 1.29 is 4.79 Å². The molecule has 0 aromatic heterocycles. The van der Waals surface area contributed by atoms with Crippen molar-refractivity contribution in [2.24, 2.45) is 5.73 Å². The van der Waals surface area contributed by atoms with Crippen molar-refractivity contribution in [2.75, 3.05) is 26.2 Å². The number of nitrogens with zero attached hydrogens (tertiary/aromatic N) is 1. The minimum Gasteiger partial charge on any atom is -0.353 e. The Hall–Kier alpha value is -0.610. The first kappa shape index (κ1) is 13.5. The quantitative estimate of drug-likeness (QED) is 0.727. The molecule has 1 amide bonds. The second-order valence-corrected chi connectivity index (χ2v) is 4.56. The van der Waals surface area contributed by atoms with Gasteiger partial charge in [-0.05, 0) is 32.4 Å². The lowest BCUT2D eigenvalue weighted by Crippen LogP contribution is -2.43. The first-order valence-corrected chi connectivity index (χ1v) is 6.49. The molecule has 16 heavy (non-hydrogen) atoms. The molecule has 0 saturated carbocycles. The van der Waals surface area contributed by atoms with Gasteiger partial charge in [0, 0.05) is 13.1 Å². The third-order valence-corrected chi connectivity index (χ3v) is 3.20. The van der Waals surface area contributed by atoms with Crippen LogP contribution in [0.5, 0.6) is 0 Å². The first-order valence-electron chi connectivity index (χ1n) is 6.49. The molecule has 0 aliphatic carbocycles. The Morgan fingerprint density at radius 1 is 1.31 bits per heavy atom. The van der Waals surface area contributed by atoms with E-state index in [1.54, 1.807) is 0 Å². The largest absolute Gasteiger partial charge is 0.353 e. The molecule has 0 unspecified atom stereocenters. The normalized spacial score (nSPS) is 20.1. The molecule has 1 aliphatic heterocycles. The summed E-state index contributed by atoms with van der Waals surface area (Å²) < 4.78 is 0. The van der Waals surface area contributed by atoms with Gasteiger partial charge < -0.3 is 16.0 Å². The molecule has 0 spiro atoms. The van der Waals surface area contributed by atoms with Gasteiger partial charge in [-0.2, -0.15) is 0 Å². The maximum atomic E-state index is 11.4. The maximum absolute atomic E-state index is 11.4. The molecule has 1 fully saturated rings. The molecule has 94 valence electrons. The number of carbonyl (C=O) groups excluding carboxylic acids is 1. The molecule has 1 atom stereocenters. The molecule has 0 aromatic rings. The minimum atomic E-state index is -0.343. The van der Waals surface area contributed by atoms with Crippen LogP contribution in [0.4, 0.5) is 0 Å². The highest BCUT2D eigenvalue weighted by atomic mass is 16.2. The van der Waals surface area contributed by atoms with Crippen LogP contribution in [-0.2, 0) is 4.79 Å². The van der Waals surface area contributed by atoms with Crippen LogP contribution in [0.1, 0.15) is 39.0 Å². The van der Waals surface area contributed by atoms with E-state index in [0.29, 0.717) is 6.42 Å². The van der Waals surface area contributed by atoms with E-state index in [1.165, 1.54) is 38.8 Å². The fourth-order valence-electron chi connectivity index (χ4n) is 2.01. The molecule has 1 heterocycles. The Balaban J connectivity index is 2.11. The third kappa shape index (κ3) is 4.94. The monoisotopic (exact) mass is 227 g/mol. The van der Waals surface area contributed by atoms with E-state index in [9.17, 15) is 4.79 Å². The fraction of sp³-hybridized carbons (Fsp3) is 0.917. The van der Waals surface area contributed by atoms with Gasteiger partial charge in [-0.1, -0.05) is 19.8 Å². The maximum Gasteiger partial charge on any atom is 0.236 e. The molecule has 1 rings (SSSR count). The molecule has 3 N–H and O–H groups in total. The van der Waals surface area contributed by atoms with Crippen LogP contribution in [0, 0.1) is 0 Å². The highest BCUT2D eigenvalue weighted by Gasteiger charge is 2.11. The van der Waals surface area contributed by atoms with Gasteiger partial charge >= 0.3 is 0 Å². The van der Waals surface area contributed by atoms with Crippen molar-refractivity contribution in [3.05, 3.63) is 0 Å². The first-order chi connectivity index (χ1) is 7.74. The lowest BCUT2D eigenvalue weighted by atomic mass is 10.2. The molecule has 0 aromatic carbocycles. The summed E-state index contributed by atoms with van der Waals surface area (Å²) in [5, 5.41) is 2.90. The number of likely N-dealkylation sites (tertiary alicyclic amines) is 1. The van der Waals surface area contributed by atoms with Gasteiger partial charge in [0.05, 0.1) is 6.04 Å². The second-order valence-electron chi connectivity index (χ2n) is 4.56. The number of nitrogens with one attached hydrogen (secondary N) is 1. The number of nitrogens with two attached hydrogens (primary N) is 1. The lowest BCUT2D eigenvalue weighted by Gasteiger charge is -2.20. The van der Waals surface area contributed by atoms with Crippen molar-refractivity contribution in [2.45, 2.75) is 45.1 Å². The summed E-state index contributed by atoms with van der Waals surface area (Å²) in [6.45, 7) is 5.97. The van der Waals surface area contributed by atoms with Crippen molar-refractivity contribution in [3.63, 3.8) is 0 Å². The van der Waals surface area contributed by atoms with Gasteiger partial charge in [-0.15, -0.1) is 0 Å². The van der Waals surface area contributed by atoms with E-state index < -0.39 is 0 Å². The van der Waals surface area contributed by atoms with Crippen molar-refractivity contribution in [1.29, 1.82) is 0 Å². The number of hydrogen-bond donors (Lipinski definition) is 2. The fourth-order valence-corrected chi connectivity index (χ4v) is 2.01. The predicted molar refractivity (Wildman–Crippen MR) is 66.2 cm³/mol. The van der Waals surface area contributed by atoms with Crippen LogP contribution < -0.4 is 11.1 Å². The van der Waals surface area contributed by atoms with Crippen LogP contribution in [0.3, 0.4) is 0 Å². The standard InChI is InChI=1S/C12H25N3O/c1-2-11(13)12(16)14-7-10-15-8-5-3-4-6-9-15/h11H,2-10,13H2,1H3,(H,14,16)/t11-/m1/s1. The zero-order valence-corrected chi connectivity index (χ0v) is 10.4. The number of carbonyl (C=O) groups is 1. The van der Waals surface area contributed by atoms with Gasteiger partial charge in [0.2, 0.25) is 5.91 Å². The molecule has 0 radical (unpaired) electrons. The topological polar surface area (TPSA) is 58.4 Å². The molecule has 1 saturated heterocycles. The summed E-state index contributed by atoms with van der Waals surface area (Å²) >= 11 is 0. The van der Waals surface area contributed by atoms with Crippen LogP contribution in [0.15, 0.2) is 0 Å². The van der Waals surface area contributed by atoms with Crippen LogP contribution in [0.25, 0.3) is 0 Å². The zero-order valence-electron chi connectivity index (χ0n) is 10.4. The molecule has 4 heteroatoms. The average molecular weight is 227 g/mol. The predicted octanol–water partition coefficient (Wildman–Crippen LogP) is 0.716. The molecular weight excluding hydrogens is 202 g/mol. The summed E-state index contributed by atoms with van der Waals surface area (Å²) in [5.41, 5.74) is 5.64. The molecular formula is C12H25N3O. The molecule has 4 nitrogen and oxygen atoms in total. The van der Waals surface area contributed by atoms with Gasteiger partial charge in [0.1, 0.15) is 0 Å². The van der Waals surface area contributed by atoms with Crippen molar-refractivity contribution in [1.82, 2.24) is 10.2 Å². The molecule has 0 bridgehead atoms.